The summed E-state index contributed by atoms with van der Waals surface area (Å²) in [6, 6.07) is 13.3. The van der Waals surface area contributed by atoms with Crippen molar-refractivity contribution in [3.05, 3.63) is 48.2 Å². The van der Waals surface area contributed by atoms with Crippen LogP contribution in [0.5, 0.6) is 0 Å². The standard InChI is InChI=1S/C13H7N3O/c14-7-9-6-11-13(15-8-9)17-12(16-11)10-4-2-1-3-5-10/h1-6,8H. The van der Waals surface area contributed by atoms with Crippen molar-refractivity contribution in [1.29, 1.82) is 5.26 Å². The number of nitrogens with zero attached hydrogens (tertiary/aromatic N) is 3. The van der Waals surface area contributed by atoms with Gasteiger partial charge in [0.15, 0.2) is 0 Å². The topological polar surface area (TPSA) is 62.7 Å². The number of pyridine rings is 1. The molecule has 4 nitrogen and oxygen atoms in total. The molecule has 0 saturated carbocycles. The molecule has 0 aliphatic heterocycles. The summed E-state index contributed by atoms with van der Waals surface area (Å²) < 4.78 is 5.52. The van der Waals surface area contributed by atoms with Gasteiger partial charge in [-0.3, -0.25) is 0 Å². The van der Waals surface area contributed by atoms with Crippen LogP contribution in [0.1, 0.15) is 5.56 Å². The van der Waals surface area contributed by atoms with Gasteiger partial charge in [0, 0.05) is 11.8 Å². The van der Waals surface area contributed by atoms with Gasteiger partial charge in [-0.2, -0.15) is 5.26 Å². The van der Waals surface area contributed by atoms with E-state index in [0.29, 0.717) is 22.7 Å². The van der Waals surface area contributed by atoms with Crippen molar-refractivity contribution in [2.24, 2.45) is 0 Å². The first kappa shape index (κ1) is 9.55. The van der Waals surface area contributed by atoms with Gasteiger partial charge in [-0.15, -0.1) is 0 Å². The van der Waals surface area contributed by atoms with Crippen molar-refractivity contribution in [2.75, 3.05) is 0 Å². The van der Waals surface area contributed by atoms with E-state index in [9.17, 15) is 0 Å². The molecule has 0 amide bonds. The minimum atomic E-state index is 0.447. The molecule has 0 spiro atoms. The minimum Gasteiger partial charge on any atom is -0.418 e. The van der Waals surface area contributed by atoms with Gasteiger partial charge in [0.05, 0.1) is 5.56 Å². The molecule has 0 aliphatic rings. The van der Waals surface area contributed by atoms with Crippen LogP contribution in [0.3, 0.4) is 0 Å². The number of hydrogen-bond acceptors (Lipinski definition) is 4. The molecule has 0 bridgehead atoms. The fraction of sp³-hybridized carbons (Fsp3) is 0. The average Bonchev–Trinajstić information content (AvgIpc) is 2.82. The summed E-state index contributed by atoms with van der Waals surface area (Å²) in [5.74, 6) is 0.517. The zero-order chi connectivity index (χ0) is 11.7. The van der Waals surface area contributed by atoms with E-state index in [1.165, 1.54) is 6.20 Å². The fourth-order valence-electron chi connectivity index (χ4n) is 1.59. The third-order valence-corrected chi connectivity index (χ3v) is 2.40. The fourth-order valence-corrected chi connectivity index (χ4v) is 1.59. The van der Waals surface area contributed by atoms with Crippen LogP contribution in [-0.2, 0) is 0 Å². The van der Waals surface area contributed by atoms with Gasteiger partial charge < -0.3 is 4.42 Å². The van der Waals surface area contributed by atoms with Crippen LogP contribution in [0.4, 0.5) is 0 Å². The Morgan fingerprint density at radius 3 is 2.76 bits per heavy atom. The average molecular weight is 221 g/mol. The summed E-state index contributed by atoms with van der Waals surface area (Å²) in [4.78, 5) is 8.36. The Morgan fingerprint density at radius 1 is 1.18 bits per heavy atom. The van der Waals surface area contributed by atoms with Crippen molar-refractivity contribution in [1.82, 2.24) is 9.97 Å². The first-order chi connectivity index (χ1) is 8.36. The number of hydrogen-bond donors (Lipinski definition) is 0. The molecule has 1 aromatic carbocycles. The van der Waals surface area contributed by atoms with E-state index in [4.69, 9.17) is 9.68 Å². The van der Waals surface area contributed by atoms with E-state index < -0.39 is 0 Å². The third kappa shape index (κ3) is 1.64. The molecule has 2 heterocycles. The van der Waals surface area contributed by atoms with Gasteiger partial charge in [0.2, 0.25) is 11.6 Å². The number of benzene rings is 1. The van der Waals surface area contributed by atoms with Crippen LogP contribution in [-0.4, -0.2) is 9.97 Å². The maximum Gasteiger partial charge on any atom is 0.247 e. The van der Waals surface area contributed by atoms with Crippen molar-refractivity contribution >= 4 is 11.2 Å². The van der Waals surface area contributed by atoms with Crippen molar-refractivity contribution in [3.8, 4) is 17.5 Å². The lowest BCUT2D eigenvalue weighted by Gasteiger charge is -1.91. The Morgan fingerprint density at radius 2 is 2.00 bits per heavy atom. The Bertz CT molecular complexity index is 710. The third-order valence-electron chi connectivity index (χ3n) is 2.40. The van der Waals surface area contributed by atoms with Gasteiger partial charge >= 0.3 is 0 Å². The molecule has 0 radical (unpaired) electrons. The molecule has 3 rings (SSSR count). The Labute approximate surface area is 97.2 Å². The van der Waals surface area contributed by atoms with E-state index in [-0.39, 0.29) is 0 Å². The van der Waals surface area contributed by atoms with E-state index in [2.05, 4.69) is 9.97 Å². The zero-order valence-corrected chi connectivity index (χ0v) is 8.79. The summed E-state index contributed by atoms with van der Waals surface area (Å²) in [6.45, 7) is 0. The number of nitriles is 1. The number of rotatable bonds is 1. The molecule has 17 heavy (non-hydrogen) atoms. The molecule has 0 saturated heterocycles. The number of aromatic nitrogens is 2. The smallest absolute Gasteiger partial charge is 0.247 e. The molecular weight excluding hydrogens is 214 g/mol. The molecule has 3 aromatic rings. The summed E-state index contributed by atoms with van der Waals surface area (Å²) in [5, 5.41) is 8.77. The summed E-state index contributed by atoms with van der Waals surface area (Å²) in [6.07, 6.45) is 1.47. The highest BCUT2D eigenvalue weighted by Gasteiger charge is 2.09. The van der Waals surface area contributed by atoms with Gasteiger partial charge in [0.25, 0.3) is 0 Å². The van der Waals surface area contributed by atoms with Gasteiger partial charge in [-0.25, -0.2) is 9.97 Å². The second-order valence-corrected chi connectivity index (χ2v) is 3.55. The minimum absolute atomic E-state index is 0.447. The van der Waals surface area contributed by atoms with Crippen LogP contribution < -0.4 is 0 Å². The van der Waals surface area contributed by atoms with Crippen LogP contribution in [0.15, 0.2) is 47.0 Å². The van der Waals surface area contributed by atoms with Crippen molar-refractivity contribution in [2.45, 2.75) is 0 Å². The highest BCUT2D eigenvalue weighted by atomic mass is 16.4. The molecule has 0 fully saturated rings. The monoisotopic (exact) mass is 221 g/mol. The van der Waals surface area contributed by atoms with Crippen LogP contribution in [0.2, 0.25) is 0 Å². The predicted octanol–water partition coefficient (Wildman–Crippen LogP) is 2.76. The summed E-state index contributed by atoms with van der Waals surface area (Å²) in [7, 11) is 0. The van der Waals surface area contributed by atoms with Crippen LogP contribution in [0.25, 0.3) is 22.7 Å². The number of oxazole rings is 1. The van der Waals surface area contributed by atoms with E-state index in [1.54, 1.807) is 6.07 Å². The van der Waals surface area contributed by atoms with Crippen LogP contribution >= 0.6 is 0 Å². The lowest BCUT2D eigenvalue weighted by atomic mass is 10.2. The molecular formula is C13H7N3O. The lowest BCUT2D eigenvalue weighted by Crippen LogP contribution is -1.78. The Hall–Kier alpha value is -2.67. The van der Waals surface area contributed by atoms with Gasteiger partial charge in [-0.05, 0) is 18.2 Å². The normalized spacial score (nSPS) is 10.3. The largest absolute Gasteiger partial charge is 0.418 e. The molecule has 4 heteroatoms. The lowest BCUT2D eigenvalue weighted by molar-refractivity contribution is 0.608. The van der Waals surface area contributed by atoms with Crippen LogP contribution in [0, 0.1) is 11.3 Å². The second-order valence-electron chi connectivity index (χ2n) is 3.55. The van der Waals surface area contributed by atoms with Gasteiger partial charge in [0.1, 0.15) is 11.6 Å². The quantitative estimate of drug-likeness (QED) is 0.633. The van der Waals surface area contributed by atoms with Gasteiger partial charge in [-0.1, -0.05) is 18.2 Å². The maximum absolute atomic E-state index is 8.77. The highest BCUT2D eigenvalue weighted by Crippen LogP contribution is 2.22. The Balaban J connectivity index is 2.18. The summed E-state index contributed by atoms with van der Waals surface area (Å²) >= 11 is 0. The van der Waals surface area contributed by atoms with E-state index in [0.717, 1.165) is 5.56 Å². The molecule has 80 valence electrons. The Kier molecular flexibility index (Phi) is 2.09. The first-order valence-electron chi connectivity index (χ1n) is 5.09. The number of fused-ring (bicyclic) bond motifs is 1. The molecule has 0 N–H and O–H groups in total. The SMILES string of the molecule is N#Cc1cnc2oc(-c3ccccc3)nc2c1. The summed E-state index contributed by atoms with van der Waals surface area (Å²) in [5.41, 5.74) is 2.42. The molecule has 0 atom stereocenters. The first-order valence-corrected chi connectivity index (χ1v) is 5.09. The van der Waals surface area contributed by atoms with E-state index >= 15 is 0 Å². The molecule has 0 unspecified atom stereocenters. The molecule has 0 aliphatic carbocycles. The predicted molar refractivity (Wildman–Crippen MR) is 62.0 cm³/mol. The highest BCUT2D eigenvalue weighted by molar-refractivity contribution is 5.73. The van der Waals surface area contributed by atoms with E-state index in [1.807, 2.05) is 36.4 Å². The molecule has 2 aromatic heterocycles. The van der Waals surface area contributed by atoms with Crippen molar-refractivity contribution < 1.29 is 4.42 Å². The second kappa shape index (κ2) is 3.72. The maximum atomic E-state index is 8.77. The zero-order valence-electron chi connectivity index (χ0n) is 8.79. The van der Waals surface area contributed by atoms with Crippen molar-refractivity contribution in [3.63, 3.8) is 0 Å².